The first-order valence-electron chi connectivity index (χ1n) is 6.67. The molecule has 2 amide bonds. The number of nitrogens with one attached hydrogen (secondary N) is 2. The van der Waals surface area contributed by atoms with E-state index in [9.17, 15) is 9.90 Å². The minimum absolute atomic E-state index is 0.203. The zero-order valence-electron chi connectivity index (χ0n) is 12.1. The first-order chi connectivity index (χ1) is 8.90. The van der Waals surface area contributed by atoms with Crippen molar-refractivity contribution in [3.63, 3.8) is 0 Å². The lowest BCUT2D eigenvalue weighted by atomic mass is 10.0. The predicted octanol–water partition coefficient (Wildman–Crippen LogP) is 1.99. The number of anilines is 1. The normalized spacial score (nSPS) is 12.8. The van der Waals surface area contributed by atoms with Crippen molar-refractivity contribution in [1.29, 1.82) is 0 Å². The molecule has 0 aromatic carbocycles. The summed E-state index contributed by atoms with van der Waals surface area (Å²) in [4.78, 5) is 11.6. The second kappa shape index (κ2) is 7.13. The van der Waals surface area contributed by atoms with Crippen molar-refractivity contribution in [1.82, 2.24) is 15.1 Å². The topological polar surface area (TPSA) is 79.2 Å². The molecule has 108 valence electrons. The van der Waals surface area contributed by atoms with Crippen LogP contribution in [0.15, 0.2) is 12.4 Å². The van der Waals surface area contributed by atoms with Gasteiger partial charge in [-0.1, -0.05) is 13.8 Å². The average Bonchev–Trinajstić information content (AvgIpc) is 2.77. The summed E-state index contributed by atoms with van der Waals surface area (Å²) >= 11 is 0. The summed E-state index contributed by atoms with van der Waals surface area (Å²) in [5.74, 6) is 0.203. The number of hydrogen-bond acceptors (Lipinski definition) is 3. The van der Waals surface area contributed by atoms with Crippen molar-refractivity contribution in [3.8, 4) is 0 Å². The highest BCUT2D eigenvalue weighted by Crippen LogP contribution is 2.09. The van der Waals surface area contributed by atoms with E-state index in [0.29, 0.717) is 18.7 Å². The third-order valence-corrected chi connectivity index (χ3v) is 2.88. The summed E-state index contributed by atoms with van der Waals surface area (Å²) in [7, 11) is 0. The van der Waals surface area contributed by atoms with Gasteiger partial charge in [0.2, 0.25) is 0 Å². The standard InChI is InChI=1S/C13H24N4O2/c1-9(2)12(18)5-6-14-13(19)16-11-7-15-17(8-11)10(3)4/h7-10,12,18H,5-6H2,1-4H3,(H2,14,16,19). The maximum atomic E-state index is 11.6. The number of aliphatic hydroxyl groups is 1. The fraction of sp³-hybridized carbons (Fsp3) is 0.692. The Labute approximate surface area is 114 Å². The third-order valence-electron chi connectivity index (χ3n) is 2.88. The van der Waals surface area contributed by atoms with E-state index < -0.39 is 0 Å². The van der Waals surface area contributed by atoms with Crippen molar-refractivity contribution in [3.05, 3.63) is 12.4 Å². The number of nitrogens with zero attached hydrogens (tertiary/aromatic N) is 2. The Hall–Kier alpha value is -1.56. The van der Waals surface area contributed by atoms with Crippen LogP contribution in [0.3, 0.4) is 0 Å². The van der Waals surface area contributed by atoms with E-state index in [4.69, 9.17) is 0 Å². The quantitative estimate of drug-likeness (QED) is 0.738. The van der Waals surface area contributed by atoms with E-state index in [1.165, 1.54) is 0 Å². The second-order valence-electron chi connectivity index (χ2n) is 5.28. The smallest absolute Gasteiger partial charge is 0.319 e. The summed E-state index contributed by atoms with van der Waals surface area (Å²) < 4.78 is 1.78. The number of aliphatic hydroxyl groups excluding tert-OH is 1. The zero-order chi connectivity index (χ0) is 14.4. The van der Waals surface area contributed by atoms with Crippen LogP contribution in [0.25, 0.3) is 0 Å². The fourth-order valence-corrected chi connectivity index (χ4v) is 1.53. The van der Waals surface area contributed by atoms with Crippen LogP contribution in [0.2, 0.25) is 0 Å². The van der Waals surface area contributed by atoms with Gasteiger partial charge in [0.05, 0.1) is 18.0 Å². The number of carbonyl (C=O) groups is 1. The molecule has 1 rings (SSSR count). The number of amides is 2. The van der Waals surface area contributed by atoms with Crippen molar-refractivity contribution in [2.45, 2.75) is 46.3 Å². The highest BCUT2D eigenvalue weighted by atomic mass is 16.3. The number of aromatic nitrogens is 2. The van der Waals surface area contributed by atoms with Crippen LogP contribution in [-0.2, 0) is 0 Å². The van der Waals surface area contributed by atoms with Gasteiger partial charge in [0.25, 0.3) is 0 Å². The Morgan fingerprint density at radius 3 is 2.63 bits per heavy atom. The van der Waals surface area contributed by atoms with E-state index in [0.717, 1.165) is 0 Å². The number of carbonyl (C=O) groups excluding carboxylic acids is 1. The lowest BCUT2D eigenvalue weighted by Gasteiger charge is -2.14. The van der Waals surface area contributed by atoms with Gasteiger partial charge >= 0.3 is 6.03 Å². The minimum Gasteiger partial charge on any atom is -0.393 e. The molecule has 1 unspecified atom stereocenters. The molecule has 1 aromatic rings. The Morgan fingerprint density at radius 1 is 1.42 bits per heavy atom. The minimum atomic E-state index is -0.385. The van der Waals surface area contributed by atoms with Crippen LogP contribution < -0.4 is 10.6 Å². The van der Waals surface area contributed by atoms with Crippen molar-refractivity contribution in [2.75, 3.05) is 11.9 Å². The molecular weight excluding hydrogens is 244 g/mol. The van der Waals surface area contributed by atoms with E-state index in [-0.39, 0.29) is 24.1 Å². The molecule has 1 atom stereocenters. The van der Waals surface area contributed by atoms with Crippen LogP contribution in [0.1, 0.15) is 40.2 Å². The molecule has 0 fully saturated rings. The Balaban J connectivity index is 2.31. The van der Waals surface area contributed by atoms with Gasteiger partial charge in [0.15, 0.2) is 0 Å². The molecule has 3 N–H and O–H groups in total. The molecule has 0 saturated carbocycles. The summed E-state index contributed by atoms with van der Waals surface area (Å²) in [5, 5.41) is 19.2. The number of rotatable bonds is 6. The first kappa shape index (κ1) is 15.5. The van der Waals surface area contributed by atoms with Gasteiger partial charge in [0.1, 0.15) is 0 Å². The summed E-state index contributed by atoms with van der Waals surface area (Å²) in [6.45, 7) is 8.38. The molecule has 6 nitrogen and oxygen atoms in total. The number of hydrogen-bond donors (Lipinski definition) is 3. The summed E-state index contributed by atoms with van der Waals surface area (Å²) in [6.07, 6.45) is 3.57. The first-order valence-corrected chi connectivity index (χ1v) is 6.67. The lowest BCUT2D eigenvalue weighted by molar-refractivity contribution is 0.117. The summed E-state index contributed by atoms with van der Waals surface area (Å²) in [6, 6.07) is -0.0148. The van der Waals surface area contributed by atoms with Crippen LogP contribution >= 0.6 is 0 Å². The van der Waals surface area contributed by atoms with Gasteiger partial charge in [-0.05, 0) is 26.2 Å². The molecule has 1 heterocycles. The largest absolute Gasteiger partial charge is 0.393 e. The summed E-state index contributed by atoms with van der Waals surface area (Å²) in [5.41, 5.74) is 0.663. The van der Waals surface area contributed by atoms with E-state index in [2.05, 4.69) is 15.7 Å². The van der Waals surface area contributed by atoms with Crippen LogP contribution in [-0.4, -0.2) is 33.6 Å². The SMILES string of the molecule is CC(C)C(O)CCNC(=O)Nc1cnn(C(C)C)c1. The lowest BCUT2D eigenvalue weighted by Crippen LogP contribution is -2.32. The maximum absolute atomic E-state index is 11.6. The van der Waals surface area contributed by atoms with Crippen LogP contribution in [0, 0.1) is 5.92 Å². The average molecular weight is 268 g/mol. The highest BCUT2D eigenvalue weighted by Gasteiger charge is 2.10. The molecule has 0 saturated heterocycles. The third kappa shape index (κ3) is 5.30. The molecular formula is C13H24N4O2. The molecule has 0 radical (unpaired) electrons. The molecule has 0 aliphatic heterocycles. The van der Waals surface area contributed by atoms with Gasteiger partial charge in [-0.15, -0.1) is 0 Å². The van der Waals surface area contributed by atoms with Gasteiger partial charge in [-0.2, -0.15) is 5.10 Å². The van der Waals surface area contributed by atoms with E-state index >= 15 is 0 Å². The molecule has 0 aliphatic rings. The molecule has 6 heteroatoms. The van der Waals surface area contributed by atoms with Gasteiger partial charge in [-0.25, -0.2) is 4.79 Å². The van der Waals surface area contributed by atoms with Crippen molar-refractivity contribution in [2.24, 2.45) is 5.92 Å². The Bertz CT molecular complexity index is 401. The van der Waals surface area contributed by atoms with Crippen LogP contribution in [0.4, 0.5) is 10.5 Å². The van der Waals surface area contributed by atoms with Crippen molar-refractivity contribution < 1.29 is 9.90 Å². The fourth-order valence-electron chi connectivity index (χ4n) is 1.53. The van der Waals surface area contributed by atoms with Gasteiger partial charge < -0.3 is 15.7 Å². The molecule has 1 aromatic heterocycles. The highest BCUT2D eigenvalue weighted by molar-refractivity contribution is 5.88. The maximum Gasteiger partial charge on any atom is 0.319 e. The number of urea groups is 1. The van der Waals surface area contributed by atoms with Crippen molar-refractivity contribution >= 4 is 11.7 Å². The second-order valence-corrected chi connectivity index (χ2v) is 5.28. The van der Waals surface area contributed by atoms with Crippen LogP contribution in [0.5, 0.6) is 0 Å². The molecule has 0 aliphatic carbocycles. The van der Waals surface area contributed by atoms with Gasteiger partial charge in [0, 0.05) is 18.8 Å². The molecule has 0 spiro atoms. The van der Waals surface area contributed by atoms with Gasteiger partial charge in [-0.3, -0.25) is 4.68 Å². The monoisotopic (exact) mass is 268 g/mol. The Kier molecular flexibility index (Phi) is 5.82. The molecule has 19 heavy (non-hydrogen) atoms. The van der Waals surface area contributed by atoms with E-state index in [1.54, 1.807) is 17.1 Å². The van der Waals surface area contributed by atoms with E-state index in [1.807, 2.05) is 27.7 Å². The predicted molar refractivity (Wildman–Crippen MR) is 75.1 cm³/mol. The zero-order valence-corrected chi connectivity index (χ0v) is 12.1. The Morgan fingerprint density at radius 2 is 2.11 bits per heavy atom. The molecule has 0 bridgehead atoms.